The van der Waals surface area contributed by atoms with Crippen molar-refractivity contribution in [3.63, 3.8) is 0 Å². The quantitative estimate of drug-likeness (QED) is 0.629. The highest BCUT2D eigenvalue weighted by Crippen LogP contribution is 2.23. The van der Waals surface area contributed by atoms with E-state index in [0.717, 1.165) is 11.1 Å². The van der Waals surface area contributed by atoms with Crippen LogP contribution < -0.4 is 5.32 Å². The predicted octanol–water partition coefficient (Wildman–Crippen LogP) is 2.65. The molecule has 0 aliphatic carbocycles. The Labute approximate surface area is 100.0 Å². The standard InChI is InChI=1S/C13H12N4/c1-9-3-4-10(2)12(5-9)11-6-15-13(16-7-11)17-8-14/h3-7H,1-2H3,(H,15,16,17). The number of nitriles is 1. The predicted molar refractivity (Wildman–Crippen MR) is 66.2 cm³/mol. The first-order valence-electron chi connectivity index (χ1n) is 5.25. The Morgan fingerprint density at radius 2 is 1.88 bits per heavy atom. The van der Waals surface area contributed by atoms with Gasteiger partial charge in [0.15, 0.2) is 6.19 Å². The summed E-state index contributed by atoms with van der Waals surface area (Å²) in [5.41, 5.74) is 4.45. The van der Waals surface area contributed by atoms with E-state index in [1.165, 1.54) is 11.1 Å². The van der Waals surface area contributed by atoms with Crippen molar-refractivity contribution in [2.24, 2.45) is 0 Å². The Hall–Kier alpha value is -2.41. The van der Waals surface area contributed by atoms with Crippen molar-refractivity contribution in [1.29, 1.82) is 5.26 Å². The minimum Gasteiger partial charge on any atom is -0.261 e. The smallest absolute Gasteiger partial charge is 0.236 e. The fraction of sp³-hybridized carbons (Fsp3) is 0.154. The molecule has 0 aliphatic rings. The Morgan fingerprint density at radius 1 is 1.18 bits per heavy atom. The van der Waals surface area contributed by atoms with Gasteiger partial charge in [-0.3, -0.25) is 5.32 Å². The molecule has 0 aliphatic heterocycles. The molecule has 4 nitrogen and oxygen atoms in total. The zero-order valence-corrected chi connectivity index (χ0v) is 9.73. The van der Waals surface area contributed by atoms with E-state index in [1.807, 2.05) is 0 Å². The van der Waals surface area contributed by atoms with Gasteiger partial charge in [0.05, 0.1) is 0 Å². The first kappa shape index (κ1) is 11.1. The molecule has 0 saturated carbocycles. The van der Waals surface area contributed by atoms with E-state index in [9.17, 15) is 0 Å². The molecule has 0 bridgehead atoms. The number of benzene rings is 1. The van der Waals surface area contributed by atoms with E-state index < -0.39 is 0 Å². The van der Waals surface area contributed by atoms with Crippen molar-refractivity contribution in [1.82, 2.24) is 9.97 Å². The summed E-state index contributed by atoms with van der Waals surface area (Å²) in [6, 6.07) is 6.25. The third kappa shape index (κ3) is 2.40. The molecular weight excluding hydrogens is 212 g/mol. The summed E-state index contributed by atoms with van der Waals surface area (Å²) in [4.78, 5) is 8.14. The normalized spacial score (nSPS) is 9.71. The molecule has 0 radical (unpaired) electrons. The van der Waals surface area contributed by atoms with Crippen LogP contribution in [-0.2, 0) is 0 Å². The Bertz CT molecular complexity index is 567. The lowest BCUT2D eigenvalue weighted by Crippen LogP contribution is -1.95. The number of hydrogen-bond donors (Lipinski definition) is 1. The largest absolute Gasteiger partial charge is 0.261 e. The van der Waals surface area contributed by atoms with Gasteiger partial charge in [-0.05, 0) is 25.0 Å². The number of nitrogens with zero attached hydrogens (tertiary/aromatic N) is 3. The van der Waals surface area contributed by atoms with E-state index in [1.54, 1.807) is 18.6 Å². The van der Waals surface area contributed by atoms with Crippen molar-refractivity contribution in [3.05, 3.63) is 41.7 Å². The third-order valence-electron chi connectivity index (χ3n) is 2.52. The molecule has 0 atom stereocenters. The number of nitrogens with one attached hydrogen (secondary N) is 1. The Morgan fingerprint density at radius 3 is 2.53 bits per heavy atom. The number of aromatic nitrogens is 2. The summed E-state index contributed by atoms with van der Waals surface area (Å²) in [5.74, 6) is 0.321. The van der Waals surface area contributed by atoms with Gasteiger partial charge >= 0.3 is 0 Å². The lowest BCUT2D eigenvalue weighted by atomic mass is 10.0. The lowest BCUT2D eigenvalue weighted by molar-refractivity contribution is 1.16. The molecule has 1 aromatic heterocycles. The molecule has 0 saturated heterocycles. The summed E-state index contributed by atoms with van der Waals surface area (Å²) in [5, 5.41) is 10.8. The Balaban J connectivity index is 2.40. The van der Waals surface area contributed by atoms with Gasteiger partial charge < -0.3 is 0 Å². The highest BCUT2D eigenvalue weighted by atomic mass is 15.1. The minimum atomic E-state index is 0.321. The first-order chi connectivity index (χ1) is 8.20. The Kier molecular flexibility index (Phi) is 3.01. The number of hydrogen-bond acceptors (Lipinski definition) is 4. The summed E-state index contributed by atoms with van der Waals surface area (Å²) < 4.78 is 0. The van der Waals surface area contributed by atoms with E-state index in [2.05, 4.69) is 47.3 Å². The van der Waals surface area contributed by atoms with Crippen LogP contribution in [0.15, 0.2) is 30.6 Å². The SMILES string of the molecule is Cc1ccc(C)c(-c2cnc(NC#N)nc2)c1. The second-order valence-electron chi connectivity index (χ2n) is 3.85. The van der Waals surface area contributed by atoms with Gasteiger partial charge in [-0.2, -0.15) is 5.26 Å². The van der Waals surface area contributed by atoms with Crippen LogP contribution in [0.3, 0.4) is 0 Å². The monoisotopic (exact) mass is 224 g/mol. The van der Waals surface area contributed by atoms with Gasteiger partial charge in [-0.1, -0.05) is 23.8 Å². The lowest BCUT2D eigenvalue weighted by Gasteiger charge is -2.06. The molecule has 0 amide bonds. The average molecular weight is 224 g/mol. The van der Waals surface area contributed by atoms with Crippen LogP contribution in [-0.4, -0.2) is 9.97 Å². The molecule has 2 aromatic rings. The highest BCUT2D eigenvalue weighted by molar-refractivity contribution is 5.66. The second-order valence-corrected chi connectivity index (χ2v) is 3.85. The number of aryl methyl sites for hydroxylation is 2. The third-order valence-corrected chi connectivity index (χ3v) is 2.52. The van der Waals surface area contributed by atoms with E-state index in [0.29, 0.717) is 5.95 Å². The van der Waals surface area contributed by atoms with Crippen molar-refractivity contribution >= 4 is 5.95 Å². The summed E-state index contributed by atoms with van der Waals surface area (Å²) in [7, 11) is 0. The second kappa shape index (κ2) is 4.62. The highest BCUT2D eigenvalue weighted by Gasteiger charge is 2.03. The van der Waals surface area contributed by atoms with Crippen LogP contribution in [0.1, 0.15) is 11.1 Å². The zero-order valence-electron chi connectivity index (χ0n) is 9.73. The maximum absolute atomic E-state index is 8.45. The summed E-state index contributed by atoms with van der Waals surface area (Å²) >= 11 is 0. The van der Waals surface area contributed by atoms with Crippen LogP contribution in [0.5, 0.6) is 0 Å². The molecule has 1 N–H and O–H groups in total. The van der Waals surface area contributed by atoms with Gasteiger partial charge in [0.2, 0.25) is 5.95 Å². The molecule has 1 aromatic carbocycles. The minimum absolute atomic E-state index is 0.321. The van der Waals surface area contributed by atoms with E-state index >= 15 is 0 Å². The molecule has 0 spiro atoms. The topological polar surface area (TPSA) is 61.6 Å². The fourth-order valence-corrected chi connectivity index (χ4v) is 1.63. The van der Waals surface area contributed by atoms with Crippen LogP contribution in [0.2, 0.25) is 0 Å². The van der Waals surface area contributed by atoms with Crippen LogP contribution in [0.4, 0.5) is 5.95 Å². The van der Waals surface area contributed by atoms with Gasteiger partial charge in [0.1, 0.15) is 0 Å². The molecule has 17 heavy (non-hydrogen) atoms. The number of anilines is 1. The average Bonchev–Trinajstić information content (AvgIpc) is 2.34. The fourth-order valence-electron chi connectivity index (χ4n) is 1.63. The first-order valence-corrected chi connectivity index (χ1v) is 5.25. The van der Waals surface area contributed by atoms with Crippen molar-refractivity contribution < 1.29 is 0 Å². The molecule has 2 rings (SSSR count). The number of rotatable bonds is 2. The van der Waals surface area contributed by atoms with Crippen molar-refractivity contribution in [2.45, 2.75) is 13.8 Å². The molecule has 84 valence electrons. The van der Waals surface area contributed by atoms with Gasteiger partial charge in [0, 0.05) is 18.0 Å². The van der Waals surface area contributed by atoms with Crippen molar-refractivity contribution in [3.8, 4) is 17.3 Å². The summed E-state index contributed by atoms with van der Waals surface area (Å²) in [6.07, 6.45) is 5.22. The van der Waals surface area contributed by atoms with Crippen molar-refractivity contribution in [2.75, 3.05) is 5.32 Å². The van der Waals surface area contributed by atoms with Crippen LogP contribution in [0.25, 0.3) is 11.1 Å². The van der Waals surface area contributed by atoms with Gasteiger partial charge in [-0.15, -0.1) is 0 Å². The molecular formula is C13H12N4. The van der Waals surface area contributed by atoms with Crippen LogP contribution in [0, 0.1) is 25.3 Å². The molecule has 0 unspecified atom stereocenters. The molecule has 0 fully saturated rings. The maximum Gasteiger partial charge on any atom is 0.236 e. The van der Waals surface area contributed by atoms with Gasteiger partial charge in [-0.25, -0.2) is 9.97 Å². The molecule has 1 heterocycles. The van der Waals surface area contributed by atoms with Crippen LogP contribution >= 0.6 is 0 Å². The van der Waals surface area contributed by atoms with E-state index in [4.69, 9.17) is 5.26 Å². The van der Waals surface area contributed by atoms with E-state index in [-0.39, 0.29) is 0 Å². The summed E-state index contributed by atoms with van der Waals surface area (Å²) in [6.45, 7) is 4.10. The maximum atomic E-state index is 8.45. The van der Waals surface area contributed by atoms with Gasteiger partial charge in [0.25, 0.3) is 0 Å². The molecule has 4 heteroatoms. The zero-order chi connectivity index (χ0) is 12.3.